The quantitative estimate of drug-likeness (QED) is 0.836. The lowest BCUT2D eigenvalue weighted by atomic mass is 9.77. The Bertz CT molecular complexity index is 492. The van der Waals surface area contributed by atoms with E-state index in [1.807, 2.05) is 0 Å². The molecule has 2 saturated carbocycles. The van der Waals surface area contributed by atoms with Gasteiger partial charge in [-0.15, -0.1) is 0 Å². The van der Waals surface area contributed by atoms with Crippen LogP contribution in [0.4, 0.5) is 5.82 Å². The van der Waals surface area contributed by atoms with Gasteiger partial charge < -0.3 is 10.4 Å². The maximum Gasteiger partial charge on any atom is 0.135 e. The van der Waals surface area contributed by atoms with Gasteiger partial charge in [0.1, 0.15) is 16.8 Å². The molecule has 20 heavy (non-hydrogen) atoms. The lowest BCUT2D eigenvalue weighted by molar-refractivity contribution is 0.149. The summed E-state index contributed by atoms with van der Waals surface area (Å²) in [5.74, 6) is 2.71. The number of aromatic nitrogens is 2. The van der Waals surface area contributed by atoms with E-state index in [-0.39, 0.29) is 12.1 Å². The molecule has 1 aromatic heterocycles. The van der Waals surface area contributed by atoms with E-state index in [9.17, 15) is 5.11 Å². The molecule has 2 N–H and O–H groups in total. The first-order valence-electron chi connectivity index (χ1n) is 7.54. The van der Waals surface area contributed by atoms with Crippen LogP contribution in [0.25, 0.3) is 0 Å². The minimum atomic E-state index is -0.254. The van der Waals surface area contributed by atoms with E-state index in [1.165, 1.54) is 6.42 Å². The number of nitrogens with zero attached hydrogens (tertiary/aromatic N) is 2. The Balaban J connectivity index is 1.81. The molecule has 2 atom stereocenters. The summed E-state index contributed by atoms with van der Waals surface area (Å²) < 4.78 is 0. The Morgan fingerprint density at radius 1 is 1.40 bits per heavy atom. The number of aliphatic hydroxyl groups is 1. The van der Waals surface area contributed by atoms with Crippen LogP contribution >= 0.6 is 11.6 Å². The molecule has 5 heteroatoms. The highest BCUT2D eigenvalue weighted by atomic mass is 35.5. The maximum absolute atomic E-state index is 9.84. The van der Waals surface area contributed by atoms with Crippen molar-refractivity contribution in [1.82, 2.24) is 9.97 Å². The molecule has 0 bridgehead atoms. The number of rotatable bonds is 4. The topological polar surface area (TPSA) is 58.0 Å². The fourth-order valence-corrected chi connectivity index (χ4v) is 3.44. The van der Waals surface area contributed by atoms with Crippen molar-refractivity contribution in [2.45, 2.75) is 56.9 Å². The molecule has 2 fully saturated rings. The van der Waals surface area contributed by atoms with Crippen molar-refractivity contribution in [3.05, 3.63) is 17.0 Å². The number of hydrogen-bond donors (Lipinski definition) is 2. The third-order valence-corrected chi connectivity index (χ3v) is 4.64. The predicted octanol–water partition coefficient (Wildman–Crippen LogP) is 3.36. The SMILES string of the molecule is CC1CCCC(CO)(Nc2cc(Cl)nc(C3CC3)n2)C1. The molecule has 110 valence electrons. The molecule has 0 aromatic carbocycles. The monoisotopic (exact) mass is 295 g/mol. The van der Waals surface area contributed by atoms with E-state index in [0.29, 0.717) is 17.0 Å². The van der Waals surface area contributed by atoms with Gasteiger partial charge in [-0.2, -0.15) is 0 Å². The summed E-state index contributed by atoms with van der Waals surface area (Å²) in [5.41, 5.74) is -0.254. The van der Waals surface area contributed by atoms with Crippen LogP contribution in [-0.4, -0.2) is 27.2 Å². The Kier molecular flexibility index (Phi) is 3.87. The second-order valence-corrected chi connectivity index (χ2v) is 6.86. The Morgan fingerprint density at radius 2 is 2.20 bits per heavy atom. The normalized spacial score (nSPS) is 30.2. The zero-order valence-corrected chi connectivity index (χ0v) is 12.7. The van der Waals surface area contributed by atoms with Gasteiger partial charge in [0.2, 0.25) is 0 Å². The molecular formula is C15H22ClN3O. The van der Waals surface area contributed by atoms with Crippen LogP contribution in [0.3, 0.4) is 0 Å². The summed E-state index contributed by atoms with van der Waals surface area (Å²) >= 11 is 6.10. The third kappa shape index (κ3) is 3.07. The average Bonchev–Trinajstić information content (AvgIpc) is 3.22. The lowest BCUT2D eigenvalue weighted by Gasteiger charge is -2.39. The molecule has 0 radical (unpaired) electrons. The predicted molar refractivity (Wildman–Crippen MR) is 80.1 cm³/mol. The summed E-state index contributed by atoms with van der Waals surface area (Å²) in [4.78, 5) is 8.89. The first-order valence-corrected chi connectivity index (χ1v) is 7.91. The smallest absolute Gasteiger partial charge is 0.135 e. The molecule has 1 heterocycles. The summed E-state index contributed by atoms with van der Waals surface area (Å²) in [5, 5.41) is 13.8. The van der Waals surface area contributed by atoms with Crippen molar-refractivity contribution in [2.24, 2.45) is 5.92 Å². The van der Waals surface area contributed by atoms with Crippen molar-refractivity contribution in [3.8, 4) is 0 Å². The van der Waals surface area contributed by atoms with Gasteiger partial charge in [0.05, 0.1) is 12.1 Å². The molecule has 4 nitrogen and oxygen atoms in total. The summed E-state index contributed by atoms with van der Waals surface area (Å²) in [6.07, 6.45) is 6.65. The fraction of sp³-hybridized carbons (Fsp3) is 0.733. The molecule has 1 aromatic rings. The van der Waals surface area contributed by atoms with E-state index < -0.39 is 0 Å². The second kappa shape index (κ2) is 5.49. The van der Waals surface area contributed by atoms with Gasteiger partial charge in [-0.05, 0) is 31.6 Å². The lowest BCUT2D eigenvalue weighted by Crippen LogP contribution is -2.46. The molecule has 2 unspecified atom stereocenters. The van der Waals surface area contributed by atoms with Crippen LogP contribution < -0.4 is 5.32 Å². The van der Waals surface area contributed by atoms with E-state index >= 15 is 0 Å². The van der Waals surface area contributed by atoms with Crippen molar-refractivity contribution in [2.75, 3.05) is 11.9 Å². The fourth-order valence-electron chi connectivity index (χ4n) is 3.25. The maximum atomic E-state index is 9.84. The van der Waals surface area contributed by atoms with Gasteiger partial charge in [-0.3, -0.25) is 0 Å². The van der Waals surface area contributed by atoms with E-state index in [1.54, 1.807) is 6.07 Å². The molecule has 2 aliphatic rings. The summed E-state index contributed by atoms with van der Waals surface area (Å²) in [6, 6.07) is 1.77. The number of anilines is 1. The number of hydrogen-bond acceptors (Lipinski definition) is 4. The zero-order valence-electron chi connectivity index (χ0n) is 11.9. The molecule has 0 aliphatic heterocycles. The average molecular weight is 296 g/mol. The highest BCUT2D eigenvalue weighted by Crippen LogP contribution is 2.39. The first kappa shape index (κ1) is 14.1. The second-order valence-electron chi connectivity index (χ2n) is 6.47. The Hall–Kier alpha value is -0.870. The molecule has 3 rings (SSSR count). The van der Waals surface area contributed by atoms with Gasteiger partial charge in [0, 0.05) is 12.0 Å². The van der Waals surface area contributed by atoms with Crippen LogP contribution in [0, 0.1) is 5.92 Å². The van der Waals surface area contributed by atoms with Crippen LogP contribution in [0.1, 0.15) is 57.2 Å². The zero-order chi connectivity index (χ0) is 14.2. The third-order valence-electron chi connectivity index (χ3n) is 4.44. The van der Waals surface area contributed by atoms with Crippen molar-refractivity contribution < 1.29 is 5.11 Å². The number of halogens is 1. The first-order chi connectivity index (χ1) is 9.60. The van der Waals surface area contributed by atoms with Crippen LogP contribution in [0.5, 0.6) is 0 Å². The molecule has 2 aliphatic carbocycles. The van der Waals surface area contributed by atoms with Gasteiger partial charge in [0.25, 0.3) is 0 Å². The van der Waals surface area contributed by atoms with Crippen molar-refractivity contribution in [1.29, 1.82) is 0 Å². The van der Waals surface area contributed by atoms with Crippen molar-refractivity contribution in [3.63, 3.8) is 0 Å². The van der Waals surface area contributed by atoms with Crippen molar-refractivity contribution >= 4 is 17.4 Å². The standard InChI is InChI=1S/C15H22ClN3O/c1-10-3-2-6-15(8-10,9-20)19-13-7-12(16)17-14(18-13)11-4-5-11/h7,10-11,20H,2-6,8-9H2,1H3,(H,17,18,19). The largest absolute Gasteiger partial charge is 0.394 e. The highest BCUT2D eigenvalue weighted by molar-refractivity contribution is 6.29. The van der Waals surface area contributed by atoms with Gasteiger partial charge in [-0.1, -0.05) is 31.4 Å². The molecule has 0 amide bonds. The van der Waals surface area contributed by atoms with E-state index in [0.717, 1.165) is 43.7 Å². The summed E-state index contributed by atoms with van der Waals surface area (Å²) in [6.45, 7) is 2.38. The van der Waals surface area contributed by atoms with Gasteiger partial charge in [0.15, 0.2) is 0 Å². The number of nitrogens with one attached hydrogen (secondary N) is 1. The number of aliphatic hydroxyl groups excluding tert-OH is 1. The molecule has 0 saturated heterocycles. The van der Waals surface area contributed by atoms with E-state index in [2.05, 4.69) is 22.2 Å². The van der Waals surface area contributed by atoms with Crippen LogP contribution in [-0.2, 0) is 0 Å². The summed E-state index contributed by atoms with van der Waals surface area (Å²) in [7, 11) is 0. The minimum absolute atomic E-state index is 0.137. The Morgan fingerprint density at radius 3 is 2.85 bits per heavy atom. The van der Waals surface area contributed by atoms with Gasteiger partial charge >= 0.3 is 0 Å². The van der Waals surface area contributed by atoms with Crippen LogP contribution in [0.15, 0.2) is 6.07 Å². The van der Waals surface area contributed by atoms with Crippen LogP contribution in [0.2, 0.25) is 5.15 Å². The van der Waals surface area contributed by atoms with Gasteiger partial charge in [-0.25, -0.2) is 9.97 Å². The molecule has 0 spiro atoms. The molecular weight excluding hydrogens is 274 g/mol. The minimum Gasteiger partial charge on any atom is -0.394 e. The Labute approximate surface area is 125 Å². The van der Waals surface area contributed by atoms with E-state index in [4.69, 9.17) is 11.6 Å². The highest BCUT2D eigenvalue weighted by Gasteiger charge is 2.35.